The Kier molecular flexibility index (Phi) is 3.00. The number of aromatic nitrogens is 1. The highest BCUT2D eigenvalue weighted by atomic mass is 35.5. The third-order valence-electron chi connectivity index (χ3n) is 1.99. The number of nitrogens with zero attached hydrogens (tertiary/aromatic N) is 2. The number of ether oxygens (including phenoxy) is 1. The first-order valence-corrected chi connectivity index (χ1v) is 5.45. The van der Waals surface area contributed by atoms with Crippen molar-refractivity contribution in [3.8, 4) is 0 Å². The number of rotatable bonds is 1. The second-order valence-electron chi connectivity index (χ2n) is 2.88. The fourth-order valence-electron chi connectivity index (χ4n) is 1.27. The molecule has 0 spiro atoms. The Hall–Kier alpha value is -0.650. The predicted molar refractivity (Wildman–Crippen MR) is 53.8 cm³/mol. The predicted octanol–water partition coefficient (Wildman–Crippen LogP) is 1.27. The zero-order valence-electron chi connectivity index (χ0n) is 7.40. The van der Waals surface area contributed by atoms with Crippen LogP contribution in [0.3, 0.4) is 0 Å². The van der Waals surface area contributed by atoms with Crippen molar-refractivity contribution < 1.29 is 9.53 Å². The molecule has 0 radical (unpaired) electrons. The molecule has 2 heterocycles. The fraction of sp³-hybridized carbons (Fsp3) is 0.500. The number of amides is 1. The van der Waals surface area contributed by atoms with Crippen molar-refractivity contribution in [1.29, 1.82) is 0 Å². The monoisotopic (exact) mass is 232 g/mol. The Labute approximate surface area is 90.4 Å². The molecule has 0 aliphatic carbocycles. The van der Waals surface area contributed by atoms with Crippen molar-refractivity contribution in [3.63, 3.8) is 0 Å². The minimum atomic E-state index is -0.00213. The van der Waals surface area contributed by atoms with Crippen LogP contribution in [0.4, 0.5) is 0 Å². The molecular formula is C8H9ClN2O2S. The van der Waals surface area contributed by atoms with Gasteiger partial charge in [0.1, 0.15) is 4.88 Å². The molecule has 1 fully saturated rings. The van der Waals surface area contributed by atoms with Gasteiger partial charge >= 0.3 is 0 Å². The Morgan fingerprint density at radius 3 is 2.86 bits per heavy atom. The molecule has 0 saturated carbocycles. The van der Waals surface area contributed by atoms with E-state index in [4.69, 9.17) is 16.3 Å². The van der Waals surface area contributed by atoms with E-state index in [9.17, 15) is 4.79 Å². The van der Waals surface area contributed by atoms with Gasteiger partial charge in [-0.15, -0.1) is 0 Å². The molecule has 14 heavy (non-hydrogen) atoms. The van der Waals surface area contributed by atoms with Crippen LogP contribution in [-0.4, -0.2) is 42.1 Å². The van der Waals surface area contributed by atoms with Crippen molar-refractivity contribution in [1.82, 2.24) is 9.88 Å². The second kappa shape index (κ2) is 4.25. The van der Waals surface area contributed by atoms with E-state index in [1.54, 1.807) is 4.90 Å². The average molecular weight is 233 g/mol. The molecular weight excluding hydrogens is 224 g/mol. The Morgan fingerprint density at radius 1 is 1.57 bits per heavy atom. The molecule has 1 aromatic heterocycles. The fourth-order valence-corrected chi connectivity index (χ4v) is 2.18. The van der Waals surface area contributed by atoms with Gasteiger partial charge in [0.15, 0.2) is 4.47 Å². The summed E-state index contributed by atoms with van der Waals surface area (Å²) >= 11 is 6.87. The molecule has 1 aromatic rings. The summed E-state index contributed by atoms with van der Waals surface area (Å²) in [7, 11) is 0. The van der Waals surface area contributed by atoms with Gasteiger partial charge in [-0.1, -0.05) is 22.9 Å². The maximum Gasteiger partial charge on any atom is 0.265 e. The first-order valence-electron chi connectivity index (χ1n) is 4.26. The minimum Gasteiger partial charge on any atom is -0.378 e. The summed E-state index contributed by atoms with van der Waals surface area (Å²) in [5.41, 5.74) is 0. The SMILES string of the molecule is O=C(c1cnc(Cl)s1)N1CCOCC1. The molecule has 1 amide bonds. The summed E-state index contributed by atoms with van der Waals surface area (Å²) in [6.07, 6.45) is 1.52. The van der Waals surface area contributed by atoms with Gasteiger partial charge in [0.2, 0.25) is 0 Å². The zero-order valence-corrected chi connectivity index (χ0v) is 8.98. The lowest BCUT2D eigenvalue weighted by Gasteiger charge is -2.26. The minimum absolute atomic E-state index is 0.00213. The quantitative estimate of drug-likeness (QED) is 0.732. The molecule has 1 aliphatic rings. The van der Waals surface area contributed by atoms with Gasteiger partial charge in [-0.25, -0.2) is 4.98 Å². The van der Waals surface area contributed by atoms with Gasteiger partial charge in [-0.2, -0.15) is 0 Å². The number of hydrogen-bond donors (Lipinski definition) is 0. The maximum absolute atomic E-state index is 11.8. The average Bonchev–Trinajstić information content (AvgIpc) is 2.65. The molecule has 4 nitrogen and oxygen atoms in total. The standard InChI is InChI=1S/C8H9ClN2O2S/c9-8-10-5-6(14-8)7(12)11-1-3-13-4-2-11/h5H,1-4H2. The van der Waals surface area contributed by atoms with Crippen molar-refractivity contribution in [2.75, 3.05) is 26.3 Å². The van der Waals surface area contributed by atoms with Crippen LogP contribution < -0.4 is 0 Å². The number of morpholine rings is 1. The highest BCUT2D eigenvalue weighted by Crippen LogP contribution is 2.19. The number of halogens is 1. The molecule has 6 heteroatoms. The molecule has 0 atom stereocenters. The normalized spacial score (nSPS) is 17.1. The van der Waals surface area contributed by atoms with Crippen LogP contribution in [0.1, 0.15) is 9.67 Å². The lowest BCUT2D eigenvalue weighted by atomic mass is 10.4. The van der Waals surface area contributed by atoms with Gasteiger partial charge in [-0.05, 0) is 0 Å². The van der Waals surface area contributed by atoms with Crippen LogP contribution >= 0.6 is 22.9 Å². The van der Waals surface area contributed by atoms with Crippen LogP contribution in [0.15, 0.2) is 6.20 Å². The molecule has 0 unspecified atom stereocenters. The smallest absolute Gasteiger partial charge is 0.265 e. The van der Waals surface area contributed by atoms with Gasteiger partial charge in [0.05, 0.1) is 19.4 Å². The second-order valence-corrected chi connectivity index (χ2v) is 4.49. The highest BCUT2D eigenvalue weighted by molar-refractivity contribution is 7.17. The van der Waals surface area contributed by atoms with E-state index in [1.807, 2.05) is 0 Å². The van der Waals surface area contributed by atoms with E-state index in [0.717, 1.165) is 0 Å². The van der Waals surface area contributed by atoms with Gasteiger partial charge in [0, 0.05) is 13.1 Å². The summed E-state index contributed by atoms with van der Waals surface area (Å²) in [6.45, 7) is 2.51. The first kappa shape index (κ1) is 9.89. The molecule has 76 valence electrons. The van der Waals surface area contributed by atoms with E-state index in [-0.39, 0.29) is 5.91 Å². The number of carbonyl (C=O) groups is 1. The van der Waals surface area contributed by atoms with Crippen LogP contribution in [-0.2, 0) is 4.74 Å². The number of thiazole rings is 1. The summed E-state index contributed by atoms with van der Waals surface area (Å²) in [6, 6.07) is 0. The summed E-state index contributed by atoms with van der Waals surface area (Å²) in [5, 5.41) is 0. The van der Waals surface area contributed by atoms with Crippen molar-refractivity contribution >= 4 is 28.8 Å². The van der Waals surface area contributed by atoms with Crippen LogP contribution in [0, 0.1) is 0 Å². The van der Waals surface area contributed by atoms with Gasteiger partial charge < -0.3 is 9.64 Å². The van der Waals surface area contributed by atoms with Crippen LogP contribution in [0.5, 0.6) is 0 Å². The third kappa shape index (κ3) is 2.05. The largest absolute Gasteiger partial charge is 0.378 e. The van der Waals surface area contributed by atoms with Crippen molar-refractivity contribution in [2.45, 2.75) is 0 Å². The summed E-state index contributed by atoms with van der Waals surface area (Å²) in [5.74, 6) is -0.00213. The van der Waals surface area contributed by atoms with E-state index in [1.165, 1.54) is 17.5 Å². The Morgan fingerprint density at radius 2 is 2.29 bits per heavy atom. The van der Waals surface area contributed by atoms with Gasteiger partial charge in [0.25, 0.3) is 5.91 Å². The molecule has 1 aliphatic heterocycles. The number of carbonyl (C=O) groups excluding carboxylic acids is 1. The lowest BCUT2D eigenvalue weighted by molar-refractivity contribution is 0.0306. The van der Waals surface area contributed by atoms with Crippen LogP contribution in [0.25, 0.3) is 0 Å². The lowest BCUT2D eigenvalue weighted by Crippen LogP contribution is -2.40. The first-order chi connectivity index (χ1) is 6.77. The summed E-state index contributed by atoms with van der Waals surface area (Å²) < 4.78 is 5.56. The summed E-state index contributed by atoms with van der Waals surface area (Å²) in [4.78, 5) is 18.0. The highest BCUT2D eigenvalue weighted by Gasteiger charge is 2.20. The van der Waals surface area contributed by atoms with Crippen molar-refractivity contribution in [3.05, 3.63) is 15.5 Å². The zero-order chi connectivity index (χ0) is 9.97. The van der Waals surface area contributed by atoms with E-state index >= 15 is 0 Å². The Bertz CT molecular complexity index is 336. The van der Waals surface area contributed by atoms with E-state index < -0.39 is 0 Å². The molecule has 1 saturated heterocycles. The van der Waals surface area contributed by atoms with Crippen molar-refractivity contribution in [2.24, 2.45) is 0 Å². The van der Waals surface area contributed by atoms with Crippen LogP contribution in [0.2, 0.25) is 4.47 Å². The molecule has 0 bridgehead atoms. The van der Waals surface area contributed by atoms with E-state index in [2.05, 4.69) is 4.98 Å². The van der Waals surface area contributed by atoms with E-state index in [0.29, 0.717) is 35.6 Å². The number of hydrogen-bond acceptors (Lipinski definition) is 4. The molecule has 0 N–H and O–H groups in total. The molecule has 2 rings (SSSR count). The topological polar surface area (TPSA) is 42.4 Å². The third-order valence-corrected chi connectivity index (χ3v) is 3.09. The molecule has 0 aromatic carbocycles. The van der Waals surface area contributed by atoms with Gasteiger partial charge in [-0.3, -0.25) is 4.79 Å². The maximum atomic E-state index is 11.8. The Balaban J connectivity index is 2.07.